The lowest BCUT2D eigenvalue weighted by Gasteiger charge is -2.02. The molecule has 0 unspecified atom stereocenters. The second-order valence-corrected chi connectivity index (χ2v) is 3.50. The van der Waals surface area contributed by atoms with Crippen molar-refractivity contribution in [3.63, 3.8) is 0 Å². The molecule has 0 bridgehead atoms. The van der Waals surface area contributed by atoms with Crippen molar-refractivity contribution in [2.24, 2.45) is 0 Å². The van der Waals surface area contributed by atoms with Crippen LogP contribution in [0.2, 0.25) is 0 Å². The maximum Gasteiger partial charge on any atom is 0.0991 e. The summed E-state index contributed by atoms with van der Waals surface area (Å²) in [5, 5.41) is 6.74. The van der Waals surface area contributed by atoms with Gasteiger partial charge in [-0.25, -0.2) is 4.98 Å². The molecular weight excluding hydrogens is 200 g/mol. The molecule has 0 fully saturated rings. The minimum Gasteiger partial charge on any atom is -0.306 e. The Morgan fingerprint density at radius 2 is 1.94 bits per heavy atom. The molecule has 2 heterocycles. The number of nitrogens with zero attached hydrogens (tertiary/aromatic N) is 3. The summed E-state index contributed by atoms with van der Waals surface area (Å²) in [7, 11) is 0. The molecule has 0 saturated carbocycles. The zero-order valence-corrected chi connectivity index (χ0v) is 8.54. The van der Waals surface area contributed by atoms with Gasteiger partial charge in [0.25, 0.3) is 0 Å². The Kier molecular flexibility index (Phi) is 2.04. The third-order valence-electron chi connectivity index (χ3n) is 2.50. The lowest BCUT2D eigenvalue weighted by atomic mass is 10.1. The summed E-state index contributed by atoms with van der Waals surface area (Å²) in [5.41, 5.74) is 3.35. The molecule has 0 radical (unpaired) electrons. The van der Waals surface area contributed by atoms with E-state index in [4.69, 9.17) is 0 Å². The van der Waals surface area contributed by atoms with Crippen LogP contribution in [0, 0.1) is 0 Å². The van der Waals surface area contributed by atoms with E-state index in [0.717, 1.165) is 16.8 Å². The Morgan fingerprint density at radius 1 is 1.06 bits per heavy atom. The lowest BCUT2D eigenvalue weighted by Crippen LogP contribution is -1.88. The molecule has 0 amide bonds. The Morgan fingerprint density at radius 3 is 2.56 bits per heavy atom. The highest BCUT2D eigenvalue weighted by atomic mass is 15.1. The van der Waals surface area contributed by atoms with Crippen molar-refractivity contribution in [1.82, 2.24) is 19.7 Å². The van der Waals surface area contributed by atoms with Crippen LogP contribution in [0.4, 0.5) is 0 Å². The molecule has 1 aromatic carbocycles. The molecule has 1 N–H and O–H groups in total. The third kappa shape index (κ3) is 1.50. The number of nitrogens with one attached hydrogen (secondary N) is 1. The van der Waals surface area contributed by atoms with E-state index >= 15 is 0 Å². The Labute approximate surface area is 92.6 Å². The molecule has 0 spiro atoms. The van der Waals surface area contributed by atoms with E-state index in [9.17, 15) is 0 Å². The molecule has 4 heteroatoms. The zero-order chi connectivity index (χ0) is 10.8. The molecule has 0 atom stereocenters. The van der Waals surface area contributed by atoms with Crippen molar-refractivity contribution in [2.75, 3.05) is 0 Å². The van der Waals surface area contributed by atoms with Crippen molar-refractivity contribution >= 4 is 0 Å². The fourth-order valence-corrected chi connectivity index (χ4v) is 1.65. The summed E-state index contributed by atoms with van der Waals surface area (Å²) in [6, 6.07) is 8.26. The number of hydrogen-bond acceptors (Lipinski definition) is 2. The molecule has 0 aliphatic rings. The van der Waals surface area contributed by atoms with Gasteiger partial charge in [0.2, 0.25) is 0 Å². The van der Waals surface area contributed by atoms with Gasteiger partial charge in [0.1, 0.15) is 0 Å². The van der Waals surface area contributed by atoms with Gasteiger partial charge in [0.05, 0.1) is 12.5 Å². The van der Waals surface area contributed by atoms with Gasteiger partial charge in [-0.15, -0.1) is 0 Å². The Hall–Kier alpha value is -2.36. The number of hydrogen-bond donors (Lipinski definition) is 1. The quantitative estimate of drug-likeness (QED) is 0.705. The molecule has 78 valence electrons. The lowest BCUT2D eigenvalue weighted by molar-refractivity contribution is 1.06. The van der Waals surface area contributed by atoms with Gasteiger partial charge in [0.15, 0.2) is 0 Å². The van der Waals surface area contributed by atoms with Gasteiger partial charge >= 0.3 is 0 Å². The van der Waals surface area contributed by atoms with Crippen LogP contribution in [0.1, 0.15) is 0 Å². The fourth-order valence-electron chi connectivity index (χ4n) is 1.65. The number of aromatic amines is 1. The summed E-state index contributed by atoms with van der Waals surface area (Å²) in [4.78, 5) is 4.02. The van der Waals surface area contributed by atoms with Gasteiger partial charge in [-0.3, -0.25) is 5.10 Å². The van der Waals surface area contributed by atoms with Gasteiger partial charge in [-0.1, -0.05) is 12.1 Å². The highest BCUT2D eigenvalue weighted by molar-refractivity contribution is 5.62. The largest absolute Gasteiger partial charge is 0.306 e. The second-order valence-electron chi connectivity index (χ2n) is 3.50. The first-order valence-corrected chi connectivity index (χ1v) is 5.01. The first kappa shape index (κ1) is 8.91. The minimum atomic E-state index is 1.09. The number of rotatable bonds is 2. The molecule has 0 saturated heterocycles. The van der Waals surface area contributed by atoms with E-state index in [1.807, 2.05) is 23.2 Å². The predicted molar refractivity (Wildman–Crippen MR) is 61.1 cm³/mol. The van der Waals surface area contributed by atoms with Crippen LogP contribution in [0.15, 0.2) is 55.4 Å². The van der Waals surface area contributed by atoms with Crippen molar-refractivity contribution in [1.29, 1.82) is 0 Å². The van der Waals surface area contributed by atoms with Crippen molar-refractivity contribution in [3.05, 3.63) is 55.4 Å². The monoisotopic (exact) mass is 210 g/mol. The number of benzene rings is 1. The average molecular weight is 210 g/mol. The first-order valence-electron chi connectivity index (χ1n) is 5.01. The molecule has 2 aromatic heterocycles. The van der Waals surface area contributed by atoms with Crippen LogP contribution >= 0.6 is 0 Å². The maximum absolute atomic E-state index is 4.02. The zero-order valence-electron chi connectivity index (χ0n) is 8.54. The van der Waals surface area contributed by atoms with Crippen LogP contribution < -0.4 is 0 Å². The van der Waals surface area contributed by atoms with Crippen LogP contribution in [-0.2, 0) is 0 Å². The second kappa shape index (κ2) is 3.66. The van der Waals surface area contributed by atoms with Crippen molar-refractivity contribution in [2.45, 2.75) is 0 Å². The van der Waals surface area contributed by atoms with E-state index in [1.54, 1.807) is 12.5 Å². The van der Waals surface area contributed by atoms with Crippen LogP contribution in [0.5, 0.6) is 0 Å². The van der Waals surface area contributed by atoms with Gasteiger partial charge in [-0.2, -0.15) is 5.10 Å². The van der Waals surface area contributed by atoms with E-state index in [0.29, 0.717) is 0 Å². The van der Waals surface area contributed by atoms with Gasteiger partial charge in [0, 0.05) is 29.8 Å². The molecular formula is C12H10N4. The van der Waals surface area contributed by atoms with Crippen molar-refractivity contribution in [3.8, 4) is 16.8 Å². The predicted octanol–water partition coefficient (Wildman–Crippen LogP) is 2.26. The third-order valence-corrected chi connectivity index (χ3v) is 2.50. The van der Waals surface area contributed by atoms with Gasteiger partial charge < -0.3 is 4.57 Å². The van der Waals surface area contributed by atoms with E-state index in [-0.39, 0.29) is 0 Å². The molecule has 4 nitrogen and oxygen atoms in total. The van der Waals surface area contributed by atoms with Crippen LogP contribution in [0.3, 0.4) is 0 Å². The van der Waals surface area contributed by atoms with E-state index < -0.39 is 0 Å². The Balaban J connectivity index is 1.97. The van der Waals surface area contributed by atoms with Crippen LogP contribution in [-0.4, -0.2) is 19.7 Å². The summed E-state index contributed by atoms with van der Waals surface area (Å²) in [5.74, 6) is 0. The number of imidazole rings is 1. The highest BCUT2D eigenvalue weighted by Gasteiger charge is 1.99. The average Bonchev–Trinajstić information content (AvgIpc) is 3.03. The highest BCUT2D eigenvalue weighted by Crippen LogP contribution is 2.19. The molecule has 16 heavy (non-hydrogen) atoms. The maximum atomic E-state index is 4.02. The fraction of sp³-hybridized carbons (Fsp3) is 0. The van der Waals surface area contributed by atoms with Crippen LogP contribution in [0.25, 0.3) is 16.8 Å². The first-order chi connectivity index (χ1) is 7.93. The van der Waals surface area contributed by atoms with E-state index in [2.05, 4.69) is 39.4 Å². The van der Waals surface area contributed by atoms with E-state index in [1.165, 1.54) is 0 Å². The standard InChI is InChI=1S/C12H10N4/c1-3-12(16-6-5-13-9-16)4-2-10(1)11-7-14-15-8-11/h1-9H,(H,14,15). The van der Waals surface area contributed by atoms with Gasteiger partial charge in [-0.05, 0) is 17.7 Å². The smallest absolute Gasteiger partial charge is 0.0991 e. The SMILES string of the molecule is c1cn(-c2ccc(-c3cn[nH]c3)cc2)cn1. The molecule has 0 aliphatic heterocycles. The molecule has 3 rings (SSSR count). The summed E-state index contributed by atoms with van der Waals surface area (Å²) in [6.07, 6.45) is 9.17. The molecule has 3 aromatic rings. The minimum absolute atomic E-state index is 1.09. The number of aromatic nitrogens is 4. The number of H-pyrrole nitrogens is 1. The summed E-state index contributed by atoms with van der Waals surface area (Å²) in [6.45, 7) is 0. The van der Waals surface area contributed by atoms with Crippen molar-refractivity contribution < 1.29 is 0 Å². The summed E-state index contributed by atoms with van der Waals surface area (Å²) >= 11 is 0. The summed E-state index contributed by atoms with van der Waals surface area (Å²) < 4.78 is 1.97. The Bertz CT molecular complexity index is 496. The normalized spacial score (nSPS) is 10.5. The molecule has 0 aliphatic carbocycles. The topological polar surface area (TPSA) is 46.5 Å².